The summed E-state index contributed by atoms with van der Waals surface area (Å²) >= 11 is 6.07. The third-order valence-electron chi connectivity index (χ3n) is 5.02. The van der Waals surface area contributed by atoms with Crippen molar-refractivity contribution in [1.82, 2.24) is 15.3 Å². The minimum Gasteiger partial charge on any atom is -0.384 e. The van der Waals surface area contributed by atoms with E-state index in [4.69, 9.17) is 11.6 Å². The molecular weight excluding hydrogens is 420 g/mol. The standard InChI is InChI=1S/C26H23ClN4O/c27-22-7-3-5-19(15-22)12-14-29-24-9-2-1-8-23(24)25-11-10-21(18-30-25)26(32)31-17-20-6-4-13-28-16-20/h1-11,13,15-16,18,29H,12,14,17H2,(H,31,32). The molecule has 2 aromatic heterocycles. The van der Waals surface area contributed by atoms with E-state index >= 15 is 0 Å². The fourth-order valence-corrected chi connectivity index (χ4v) is 3.58. The van der Waals surface area contributed by atoms with Crippen molar-refractivity contribution >= 4 is 23.2 Å². The highest BCUT2D eigenvalue weighted by Crippen LogP contribution is 2.26. The van der Waals surface area contributed by atoms with Gasteiger partial charge in [-0.2, -0.15) is 0 Å². The van der Waals surface area contributed by atoms with Gasteiger partial charge in [0.15, 0.2) is 0 Å². The van der Waals surface area contributed by atoms with Gasteiger partial charge in [-0.3, -0.25) is 14.8 Å². The van der Waals surface area contributed by atoms with E-state index in [1.807, 2.05) is 60.7 Å². The summed E-state index contributed by atoms with van der Waals surface area (Å²) < 4.78 is 0. The highest BCUT2D eigenvalue weighted by molar-refractivity contribution is 6.30. The van der Waals surface area contributed by atoms with E-state index in [0.717, 1.165) is 40.5 Å². The number of carbonyl (C=O) groups is 1. The quantitative estimate of drug-likeness (QED) is 0.384. The summed E-state index contributed by atoms with van der Waals surface area (Å²) in [7, 11) is 0. The molecule has 2 aromatic carbocycles. The van der Waals surface area contributed by atoms with Gasteiger partial charge in [0.1, 0.15) is 0 Å². The first kappa shape index (κ1) is 21.5. The topological polar surface area (TPSA) is 66.9 Å². The van der Waals surface area contributed by atoms with Gasteiger partial charge in [0.25, 0.3) is 5.91 Å². The molecule has 4 aromatic rings. The largest absolute Gasteiger partial charge is 0.384 e. The molecule has 0 aliphatic carbocycles. The van der Waals surface area contributed by atoms with E-state index < -0.39 is 0 Å². The van der Waals surface area contributed by atoms with Gasteiger partial charge in [0.2, 0.25) is 0 Å². The molecule has 4 rings (SSSR count). The maximum absolute atomic E-state index is 12.4. The van der Waals surface area contributed by atoms with Gasteiger partial charge in [-0.05, 0) is 53.9 Å². The van der Waals surface area contributed by atoms with E-state index in [1.54, 1.807) is 24.7 Å². The van der Waals surface area contributed by atoms with E-state index in [-0.39, 0.29) is 5.91 Å². The molecule has 0 bridgehead atoms. The average Bonchev–Trinajstić information content (AvgIpc) is 2.84. The Labute approximate surface area is 192 Å². The second kappa shape index (κ2) is 10.6. The molecule has 0 fully saturated rings. The number of nitrogens with zero attached hydrogens (tertiary/aromatic N) is 2. The van der Waals surface area contributed by atoms with E-state index in [9.17, 15) is 4.79 Å². The van der Waals surface area contributed by atoms with Crippen LogP contribution in [0.2, 0.25) is 5.02 Å². The van der Waals surface area contributed by atoms with Crippen LogP contribution in [-0.2, 0) is 13.0 Å². The second-order valence-corrected chi connectivity index (χ2v) is 7.76. The number of pyridine rings is 2. The van der Waals surface area contributed by atoms with Crippen LogP contribution < -0.4 is 10.6 Å². The number of rotatable bonds is 8. The number of aromatic nitrogens is 2. The lowest BCUT2D eigenvalue weighted by Crippen LogP contribution is -2.22. The first-order valence-corrected chi connectivity index (χ1v) is 10.8. The fourth-order valence-electron chi connectivity index (χ4n) is 3.37. The summed E-state index contributed by atoms with van der Waals surface area (Å²) in [5.41, 5.74) is 5.44. The molecule has 0 saturated heterocycles. The van der Waals surface area contributed by atoms with Crippen LogP contribution >= 0.6 is 11.6 Å². The van der Waals surface area contributed by atoms with Crippen LogP contribution in [0.1, 0.15) is 21.5 Å². The van der Waals surface area contributed by atoms with Crippen molar-refractivity contribution in [2.75, 3.05) is 11.9 Å². The third kappa shape index (κ3) is 5.71. The SMILES string of the molecule is O=C(NCc1cccnc1)c1ccc(-c2ccccc2NCCc2cccc(Cl)c2)nc1. The Morgan fingerprint density at radius 1 is 0.906 bits per heavy atom. The van der Waals surface area contributed by atoms with Gasteiger partial charge in [0, 0.05) is 48.0 Å². The van der Waals surface area contributed by atoms with Crippen LogP contribution in [-0.4, -0.2) is 22.4 Å². The number of benzene rings is 2. The molecule has 5 nitrogen and oxygen atoms in total. The smallest absolute Gasteiger partial charge is 0.253 e. The van der Waals surface area contributed by atoms with E-state index in [1.165, 1.54) is 5.56 Å². The molecule has 0 unspecified atom stereocenters. The summed E-state index contributed by atoms with van der Waals surface area (Å²) in [4.78, 5) is 21.0. The van der Waals surface area contributed by atoms with Crippen molar-refractivity contribution in [3.8, 4) is 11.3 Å². The average molecular weight is 443 g/mol. The first-order valence-electron chi connectivity index (χ1n) is 10.4. The Hall–Kier alpha value is -3.70. The Morgan fingerprint density at radius 2 is 1.78 bits per heavy atom. The van der Waals surface area contributed by atoms with Gasteiger partial charge in [-0.1, -0.05) is 48.0 Å². The Bertz CT molecular complexity index is 1180. The van der Waals surface area contributed by atoms with E-state index in [0.29, 0.717) is 12.1 Å². The number of halogens is 1. The van der Waals surface area contributed by atoms with Crippen molar-refractivity contribution in [3.05, 3.63) is 113 Å². The zero-order chi connectivity index (χ0) is 22.2. The summed E-state index contributed by atoms with van der Waals surface area (Å²) in [5, 5.41) is 7.13. The number of hydrogen-bond acceptors (Lipinski definition) is 4. The number of para-hydroxylation sites is 1. The van der Waals surface area contributed by atoms with E-state index in [2.05, 4.69) is 26.7 Å². The Kier molecular flexibility index (Phi) is 7.10. The highest BCUT2D eigenvalue weighted by Gasteiger charge is 2.09. The molecule has 6 heteroatoms. The molecule has 160 valence electrons. The van der Waals surface area contributed by atoms with Gasteiger partial charge < -0.3 is 10.6 Å². The lowest BCUT2D eigenvalue weighted by Gasteiger charge is -2.12. The molecule has 2 heterocycles. The monoisotopic (exact) mass is 442 g/mol. The first-order chi connectivity index (χ1) is 15.7. The number of carbonyl (C=O) groups excluding carboxylic acids is 1. The van der Waals surface area contributed by atoms with Crippen LogP contribution in [0.3, 0.4) is 0 Å². The molecular formula is C26H23ClN4O. The van der Waals surface area contributed by atoms with Crippen molar-refractivity contribution in [3.63, 3.8) is 0 Å². The lowest BCUT2D eigenvalue weighted by molar-refractivity contribution is 0.0950. The zero-order valence-electron chi connectivity index (χ0n) is 17.5. The molecule has 32 heavy (non-hydrogen) atoms. The van der Waals surface area contributed by atoms with Gasteiger partial charge in [0.05, 0.1) is 11.3 Å². The molecule has 0 aliphatic rings. The zero-order valence-corrected chi connectivity index (χ0v) is 18.2. The Balaban J connectivity index is 1.39. The number of hydrogen-bond donors (Lipinski definition) is 2. The predicted octanol–water partition coefficient (Wildman–Crippen LogP) is 5.38. The lowest BCUT2D eigenvalue weighted by atomic mass is 10.1. The maximum Gasteiger partial charge on any atom is 0.253 e. The van der Waals surface area contributed by atoms with Crippen LogP contribution in [0.15, 0.2) is 91.4 Å². The number of amides is 1. The molecule has 1 amide bonds. The van der Waals surface area contributed by atoms with Crippen molar-refractivity contribution in [2.45, 2.75) is 13.0 Å². The molecule has 0 radical (unpaired) electrons. The molecule has 0 atom stereocenters. The highest BCUT2D eigenvalue weighted by atomic mass is 35.5. The van der Waals surface area contributed by atoms with Gasteiger partial charge in [-0.15, -0.1) is 0 Å². The van der Waals surface area contributed by atoms with Crippen molar-refractivity contribution < 1.29 is 4.79 Å². The maximum atomic E-state index is 12.4. The number of anilines is 1. The van der Waals surface area contributed by atoms with Gasteiger partial charge in [-0.25, -0.2) is 0 Å². The molecule has 2 N–H and O–H groups in total. The fraction of sp³-hybridized carbons (Fsp3) is 0.115. The molecule has 0 saturated carbocycles. The van der Waals surface area contributed by atoms with Crippen LogP contribution in [0.5, 0.6) is 0 Å². The molecule has 0 spiro atoms. The summed E-state index contributed by atoms with van der Waals surface area (Å²) in [5.74, 6) is -0.166. The van der Waals surface area contributed by atoms with Crippen LogP contribution in [0.25, 0.3) is 11.3 Å². The normalized spacial score (nSPS) is 10.5. The summed E-state index contributed by atoms with van der Waals surface area (Å²) in [6.45, 7) is 1.19. The van der Waals surface area contributed by atoms with Crippen LogP contribution in [0, 0.1) is 0 Å². The molecule has 0 aliphatic heterocycles. The van der Waals surface area contributed by atoms with Crippen molar-refractivity contribution in [1.29, 1.82) is 0 Å². The third-order valence-corrected chi connectivity index (χ3v) is 5.26. The van der Waals surface area contributed by atoms with Crippen LogP contribution in [0.4, 0.5) is 5.69 Å². The predicted molar refractivity (Wildman–Crippen MR) is 129 cm³/mol. The summed E-state index contributed by atoms with van der Waals surface area (Å²) in [6, 6.07) is 23.3. The van der Waals surface area contributed by atoms with Gasteiger partial charge >= 0.3 is 0 Å². The summed E-state index contributed by atoms with van der Waals surface area (Å²) in [6.07, 6.45) is 5.91. The number of nitrogens with one attached hydrogen (secondary N) is 2. The van der Waals surface area contributed by atoms with Crippen molar-refractivity contribution in [2.24, 2.45) is 0 Å². The minimum atomic E-state index is -0.166. The second-order valence-electron chi connectivity index (χ2n) is 7.33. The Morgan fingerprint density at radius 3 is 2.56 bits per heavy atom. The minimum absolute atomic E-state index is 0.166.